The molecule has 0 unspecified atom stereocenters. The van der Waals surface area contributed by atoms with Crippen molar-refractivity contribution in [3.05, 3.63) is 36.0 Å². The van der Waals surface area contributed by atoms with Crippen LogP contribution in [0.4, 0.5) is 5.95 Å². The van der Waals surface area contributed by atoms with Crippen molar-refractivity contribution < 1.29 is 4.74 Å². The van der Waals surface area contributed by atoms with Crippen molar-refractivity contribution in [3.63, 3.8) is 0 Å². The number of piperazine rings is 1. The molecule has 1 aliphatic heterocycles. The van der Waals surface area contributed by atoms with E-state index < -0.39 is 0 Å². The molecule has 1 N–H and O–H groups in total. The van der Waals surface area contributed by atoms with Crippen molar-refractivity contribution >= 4 is 5.95 Å². The van der Waals surface area contributed by atoms with Crippen LogP contribution < -0.4 is 15.0 Å². The van der Waals surface area contributed by atoms with Gasteiger partial charge >= 0.3 is 0 Å². The van der Waals surface area contributed by atoms with Gasteiger partial charge < -0.3 is 15.0 Å². The zero-order valence-electron chi connectivity index (χ0n) is 16.5. The second kappa shape index (κ2) is 7.62. The Morgan fingerprint density at radius 1 is 1.12 bits per heavy atom. The number of aromatic nitrogens is 2. The maximum atomic E-state index is 6.03. The molecule has 2 heterocycles. The molecule has 0 radical (unpaired) electrons. The van der Waals surface area contributed by atoms with Gasteiger partial charge in [0.2, 0.25) is 5.95 Å². The third kappa shape index (κ3) is 4.33. The third-order valence-electron chi connectivity index (χ3n) is 4.49. The molecule has 0 amide bonds. The minimum absolute atomic E-state index is 0.00532. The fraction of sp³-hybridized carbons (Fsp3) is 0.524. The minimum Gasteiger partial charge on any atom is -0.491 e. The zero-order chi connectivity index (χ0) is 18.7. The highest BCUT2D eigenvalue weighted by molar-refractivity contribution is 5.64. The SMILES string of the molecule is CC(C)Oc1ccc(-c2ccnc(N3CCNCC3)n2)cc1C(C)(C)C. The van der Waals surface area contributed by atoms with E-state index in [0.717, 1.165) is 49.1 Å². The predicted octanol–water partition coefficient (Wildman–Crippen LogP) is 3.64. The quantitative estimate of drug-likeness (QED) is 0.908. The lowest BCUT2D eigenvalue weighted by Gasteiger charge is -2.27. The molecule has 1 fully saturated rings. The molecule has 5 heteroatoms. The van der Waals surface area contributed by atoms with Crippen LogP contribution >= 0.6 is 0 Å². The maximum absolute atomic E-state index is 6.03. The molecule has 26 heavy (non-hydrogen) atoms. The third-order valence-corrected chi connectivity index (χ3v) is 4.49. The lowest BCUT2D eigenvalue weighted by atomic mass is 9.85. The number of anilines is 1. The van der Waals surface area contributed by atoms with E-state index in [-0.39, 0.29) is 11.5 Å². The van der Waals surface area contributed by atoms with Gasteiger partial charge in [0, 0.05) is 43.5 Å². The van der Waals surface area contributed by atoms with Crippen LogP contribution in [0.1, 0.15) is 40.2 Å². The van der Waals surface area contributed by atoms with Gasteiger partial charge in [-0.25, -0.2) is 9.97 Å². The van der Waals surface area contributed by atoms with Gasteiger partial charge in [0.1, 0.15) is 5.75 Å². The Morgan fingerprint density at radius 2 is 1.85 bits per heavy atom. The van der Waals surface area contributed by atoms with Crippen molar-refractivity contribution in [2.45, 2.75) is 46.1 Å². The highest BCUT2D eigenvalue weighted by atomic mass is 16.5. The van der Waals surface area contributed by atoms with Gasteiger partial charge in [-0.15, -0.1) is 0 Å². The molecule has 0 saturated carbocycles. The number of nitrogens with zero attached hydrogens (tertiary/aromatic N) is 3. The second-order valence-corrected chi connectivity index (χ2v) is 8.11. The van der Waals surface area contributed by atoms with Crippen LogP contribution in [0.25, 0.3) is 11.3 Å². The van der Waals surface area contributed by atoms with Crippen LogP contribution in [0.5, 0.6) is 5.75 Å². The van der Waals surface area contributed by atoms with Crippen LogP contribution in [0.15, 0.2) is 30.5 Å². The lowest BCUT2D eigenvalue weighted by Crippen LogP contribution is -2.44. The van der Waals surface area contributed by atoms with Gasteiger partial charge in [0.05, 0.1) is 11.8 Å². The van der Waals surface area contributed by atoms with Gasteiger partial charge in [0.15, 0.2) is 0 Å². The smallest absolute Gasteiger partial charge is 0.225 e. The van der Waals surface area contributed by atoms with Crippen molar-refractivity contribution in [2.24, 2.45) is 0 Å². The van der Waals surface area contributed by atoms with E-state index >= 15 is 0 Å². The van der Waals surface area contributed by atoms with Crippen LogP contribution in [0, 0.1) is 0 Å². The summed E-state index contributed by atoms with van der Waals surface area (Å²) in [4.78, 5) is 11.5. The van der Waals surface area contributed by atoms with Gasteiger partial charge in [-0.1, -0.05) is 20.8 Å². The Labute approximate surface area is 156 Å². The van der Waals surface area contributed by atoms with Gasteiger partial charge in [-0.05, 0) is 43.5 Å². The van der Waals surface area contributed by atoms with Crippen molar-refractivity contribution in [3.8, 4) is 17.0 Å². The first-order valence-electron chi connectivity index (χ1n) is 9.45. The largest absolute Gasteiger partial charge is 0.491 e. The van der Waals surface area contributed by atoms with Crippen molar-refractivity contribution in [1.82, 2.24) is 15.3 Å². The second-order valence-electron chi connectivity index (χ2n) is 8.11. The average Bonchev–Trinajstić information content (AvgIpc) is 2.61. The predicted molar refractivity (Wildman–Crippen MR) is 107 cm³/mol. The molecule has 1 aromatic carbocycles. The number of rotatable bonds is 4. The molecule has 2 aromatic rings. The highest BCUT2D eigenvalue weighted by Gasteiger charge is 2.21. The number of ether oxygens (including phenoxy) is 1. The molecule has 1 aliphatic rings. The Hall–Kier alpha value is -2.14. The molecule has 1 aromatic heterocycles. The fourth-order valence-corrected chi connectivity index (χ4v) is 3.16. The van der Waals surface area contributed by atoms with Gasteiger partial charge in [0.25, 0.3) is 0 Å². The number of hydrogen-bond acceptors (Lipinski definition) is 5. The molecule has 1 saturated heterocycles. The van der Waals surface area contributed by atoms with E-state index in [9.17, 15) is 0 Å². The summed E-state index contributed by atoms with van der Waals surface area (Å²) >= 11 is 0. The fourth-order valence-electron chi connectivity index (χ4n) is 3.16. The Kier molecular flexibility index (Phi) is 5.47. The van der Waals surface area contributed by atoms with E-state index in [1.54, 1.807) is 0 Å². The molecule has 140 valence electrons. The molecule has 0 bridgehead atoms. The van der Waals surface area contributed by atoms with E-state index in [4.69, 9.17) is 9.72 Å². The summed E-state index contributed by atoms with van der Waals surface area (Å²) < 4.78 is 6.03. The molecule has 0 spiro atoms. The summed E-state index contributed by atoms with van der Waals surface area (Å²) in [5.41, 5.74) is 3.25. The van der Waals surface area contributed by atoms with E-state index in [0.29, 0.717) is 0 Å². The van der Waals surface area contributed by atoms with E-state index in [2.05, 4.69) is 68.0 Å². The summed E-state index contributed by atoms with van der Waals surface area (Å²) in [6.07, 6.45) is 2.01. The van der Waals surface area contributed by atoms with Crippen LogP contribution in [0.3, 0.4) is 0 Å². The van der Waals surface area contributed by atoms with Gasteiger partial charge in [-0.2, -0.15) is 0 Å². The molecule has 3 rings (SSSR count). The van der Waals surface area contributed by atoms with Crippen LogP contribution in [-0.2, 0) is 5.41 Å². The summed E-state index contributed by atoms with van der Waals surface area (Å²) in [5.74, 6) is 1.76. The highest BCUT2D eigenvalue weighted by Crippen LogP contribution is 2.35. The topological polar surface area (TPSA) is 50.3 Å². The first kappa shape index (κ1) is 18.6. The Bertz CT molecular complexity index is 746. The van der Waals surface area contributed by atoms with E-state index in [1.165, 1.54) is 5.56 Å². The lowest BCUT2D eigenvalue weighted by molar-refractivity contribution is 0.236. The first-order valence-corrected chi connectivity index (χ1v) is 9.45. The van der Waals surface area contributed by atoms with Crippen molar-refractivity contribution in [1.29, 1.82) is 0 Å². The van der Waals surface area contributed by atoms with Crippen LogP contribution in [0.2, 0.25) is 0 Å². The average molecular weight is 354 g/mol. The van der Waals surface area contributed by atoms with Gasteiger partial charge in [-0.3, -0.25) is 0 Å². The summed E-state index contributed by atoms with van der Waals surface area (Å²) in [5, 5.41) is 3.37. The zero-order valence-corrected chi connectivity index (χ0v) is 16.5. The number of nitrogens with one attached hydrogen (secondary N) is 1. The maximum Gasteiger partial charge on any atom is 0.225 e. The summed E-state index contributed by atoms with van der Waals surface area (Å²) in [6, 6.07) is 8.36. The molecular weight excluding hydrogens is 324 g/mol. The standard InChI is InChI=1S/C21H30N4O/c1-15(2)26-19-7-6-16(14-17(19)21(3,4)5)18-8-9-23-20(24-18)25-12-10-22-11-13-25/h6-9,14-15,22H,10-13H2,1-5H3. The normalized spacial score (nSPS) is 15.4. The first-order chi connectivity index (χ1) is 12.3. The number of hydrogen-bond donors (Lipinski definition) is 1. The minimum atomic E-state index is -0.00532. The van der Waals surface area contributed by atoms with Crippen LogP contribution in [-0.4, -0.2) is 42.3 Å². The van der Waals surface area contributed by atoms with Crippen molar-refractivity contribution in [2.75, 3.05) is 31.1 Å². The Balaban J connectivity index is 1.96. The Morgan fingerprint density at radius 3 is 2.50 bits per heavy atom. The van der Waals surface area contributed by atoms with E-state index in [1.807, 2.05) is 12.3 Å². The monoisotopic (exact) mass is 354 g/mol. The summed E-state index contributed by atoms with van der Waals surface area (Å²) in [6.45, 7) is 14.6. The molecule has 0 atom stereocenters. The number of benzene rings is 1. The molecular formula is C21H30N4O. The summed E-state index contributed by atoms with van der Waals surface area (Å²) in [7, 11) is 0. The molecule has 5 nitrogen and oxygen atoms in total. The molecule has 0 aliphatic carbocycles.